The average molecular weight is 355 g/mol. The van der Waals surface area contributed by atoms with E-state index in [1.54, 1.807) is 24.4 Å². The number of pyridine rings is 1. The number of benzene rings is 1. The summed E-state index contributed by atoms with van der Waals surface area (Å²) in [6.45, 7) is -0.288. The van der Waals surface area contributed by atoms with E-state index in [-0.39, 0.29) is 12.1 Å². The molecule has 0 aliphatic rings. The smallest absolute Gasteiger partial charge is 0.235 e. The molecule has 6 nitrogen and oxygen atoms in total. The van der Waals surface area contributed by atoms with Crippen molar-refractivity contribution >= 4 is 15.9 Å². The van der Waals surface area contributed by atoms with Crippen LogP contribution in [0.3, 0.4) is 0 Å². The Morgan fingerprint density at radius 1 is 1.12 bits per heavy atom. The Bertz CT molecular complexity index is 814. The van der Waals surface area contributed by atoms with Crippen LogP contribution in [0.2, 0.25) is 0 Å². The topological polar surface area (TPSA) is 88.2 Å². The van der Waals surface area contributed by atoms with Gasteiger partial charge in [-0.2, -0.15) is 0 Å². The van der Waals surface area contributed by atoms with Crippen LogP contribution in [0.1, 0.15) is 11.3 Å². The summed E-state index contributed by atoms with van der Waals surface area (Å²) in [5, 5.41) is 2.51. The van der Waals surface area contributed by atoms with Crippen LogP contribution in [-0.2, 0) is 27.1 Å². The van der Waals surface area contributed by atoms with Gasteiger partial charge in [0.15, 0.2) is 11.6 Å². The molecule has 0 fully saturated rings. The van der Waals surface area contributed by atoms with Crippen LogP contribution in [0.15, 0.2) is 42.6 Å². The first-order valence-corrected chi connectivity index (χ1v) is 8.59. The number of nitrogens with zero attached hydrogens (tertiary/aromatic N) is 1. The van der Waals surface area contributed by atoms with Crippen molar-refractivity contribution in [3.05, 3.63) is 65.5 Å². The number of carbonyl (C=O) groups excluding carboxylic acids is 1. The van der Waals surface area contributed by atoms with Crippen LogP contribution < -0.4 is 10.0 Å². The second kappa shape index (κ2) is 7.93. The first kappa shape index (κ1) is 18.0. The quantitative estimate of drug-likeness (QED) is 0.778. The Morgan fingerprint density at radius 3 is 2.58 bits per heavy atom. The summed E-state index contributed by atoms with van der Waals surface area (Å²) in [4.78, 5) is 15.7. The Morgan fingerprint density at radius 2 is 1.92 bits per heavy atom. The van der Waals surface area contributed by atoms with E-state index in [9.17, 15) is 22.0 Å². The zero-order valence-electron chi connectivity index (χ0n) is 12.5. The second-order valence-electron chi connectivity index (χ2n) is 4.93. The number of carbonyl (C=O) groups is 1. The van der Waals surface area contributed by atoms with Crippen molar-refractivity contribution in [1.82, 2.24) is 15.0 Å². The molecule has 1 aromatic heterocycles. The molecule has 0 saturated carbocycles. The Hall–Kier alpha value is -2.39. The van der Waals surface area contributed by atoms with Gasteiger partial charge in [-0.15, -0.1) is 0 Å². The fourth-order valence-corrected chi connectivity index (χ4v) is 2.90. The molecular weight excluding hydrogens is 340 g/mol. The van der Waals surface area contributed by atoms with Gasteiger partial charge in [0.1, 0.15) is 0 Å². The van der Waals surface area contributed by atoms with Crippen LogP contribution in [0, 0.1) is 11.6 Å². The van der Waals surface area contributed by atoms with E-state index in [4.69, 9.17) is 0 Å². The summed E-state index contributed by atoms with van der Waals surface area (Å²) in [7, 11) is -3.86. The Balaban J connectivity index is 1.83. The fourth-order valence-electron chi connectivity index (χ4n) is 1.83. The van der Waals surface area contributed by atoms with E-state index in [0.717, 1.165) is 12.1 Å². The normalized spacial score (nSPS) is 11.2. The highest BCUT2D eigenvalue weighted by Crippen LogP contribution is 2.11. The summed E-state index contributed by atoms with van der Waals surface area (Å²) in [5.41, 5.74) is 0.714. The summed E-state index contributed by atoms with van der Waals surface area (Å²) in [6, 6.07) is 8.03. The SMILES string of the molecule is O=C(CNS(=O)(=O)Cc1ccc(F)c(F)c1)NCc1ccccn1. The van der Waals surface area contributed by atoms with Crippen LogP contribution in [0.25, 0.3) is 0 Å². The molecule has 9 heteroatoms. The highest BCUT2D eigenvalue weighted by molar-refractivity contribution is 7.88. The summed E-state index contributed by atoms with van der Waals surface area (Å²) >= 11 is 0. The van der Waals surface area contributed by atoms with Gasteiger partial charge in [-0.25, -0.2) is 21.9 Å². The average Bonchev–Trinajstić information content (AvgIpc) is 2.55. The first-order valence-electron chi connectivity index (χ1n) is 6.93. The maximum absolute atomic E-state index is 13.1. The monoisotopic (exact) mass is 355 g/mol. The maximum Gasteiger partial charge on any atom is 0.235 e. The highest BCUT2D eigenvalue weighted by atomic mass is 32.2. The van der Waals surface area contributed by atoms with E-state index >= 15 is 0 Å². The largest absolute Gasteiger partial charge is 0.349 e. The van der Waals surface area contributed by atoms with E-state index in [0.29, 0.717) is 5.69 Å². The van der Waals surface area contributed by atoms with Gasteiger partial charge in [0, 0.05) is 6.20 Å². The molecular formula is C15H15F2N3O3S. The van der Waals surface area contributed by atoms with Gasteiger partial charge >= 0.3 is 0 Å². The lowest BCUT2D eigenvalue weighted by Crippen LogP contribution is -2.37. The van der Waals surface area contributed by atoms with Gasteiger partial charge in [0.05, 0.1) is 24.5 Å². The van der Waals surface area contributed by atoms with Crippen molar-refractivity contribution in [2.45, 2.75) is 12.3 Å². The molecule has 24 heavy (non-hydrogen) atoms. The van der Waals surface area contributed by atoms with Crippen LogP contribution >= 0.6 is 0 Å². The third kappa shape index (κ3) is 5.67. The summed E-state index contributed by atoms with van der Waals surface area (Å²) < 4.78 is 51.7. The third-order valence-electron chi connectivity index (χ3n) is 2.99. The minimum Gasteiger partial charge on any atom is -0.349 e. The maximum atomic E-state index is 13.1. The molecule has 0 spiro atoms. The molecule has 1 amide bonds. The van der Waals surface area contributed by atoms with Crippen molar-refractivity contribution in [3.8, 4) is 0 Å². The van der Waals surface area contributed by atoms with Gasteiger partial charge in [0.25, 0.3) is 0 Å². The molecule has 0 aliphatic carbocycles. The van der Waals surface area contributed by atoms with E-state index in [2.05, 4.69) is 15.0 Å². The molecule has 0 saturated heterocycles. The minimum absolute atomic E-state index is 0.0790. The lowest BCUT2D eigenvalue weighted by molar-refractivity contribution is -0.120. The molecule has 2 rings (SSSR count). The molecule has 0 unspecified atom stereocenters. The molecule has 0 radical (unpaired) electrons. The molecule has 0 aliphatic heterocycles. The molecule has 1 heterocycles. The van der Waals surface area contributed by atoms with Crippen molar-refractivity contribution in [2.75, 3.05) is 6.54 Å². The highest BCUT2D eigenvalue weighted by Gasteiger charge is 2.15. The fraction of sp³-hybridized carbons (Fsp3) is 0.200. The molecule has 1 aromatic carbocycles. The van der Waals surface area contributed by atoms with Crippen molar-refractivity contribution < 1.29 is 22.0 Å². The Labute approximate surface area is 138 Å². The lowest BCUT2D eigenvalue weighted by atomic mass is 10.2. The number of rotatable bonds is 7. The standard InChI is InChI=1S/C15H15F2N3O3S/c16-13-5-4-11(7-14(13)17)10-24(22,23)20-9-15(21)19-8-12-3-1-2-6-18-12/h1-7,20H,8-10H2,(H,19,21). The van der Waals surface area contributed by atoms with Gasteiger partial charge in [-0.1, -0.05) is 12.1 Å². The lowest BCUT2D eigenvalue weighted by Gasteiger charge is -2.08. The predicted molar refractivity (Wildman–Crippen MR) is 83.1 cm³/mol. The zero-order chi connectivity index (χ0) is 17.6. The van der Waals surface area contributed by atoms with Crippen molar-refractivity contribution in [2.24, 2.45) is 0 Å². The van der Waals surface area contributed by atoms with Crippen LogP contribution in [0.4, 0.5) is 8.78 Å². The number of hydrogen-bond donors (Lipinski definition) is 2. The number of hydrogen-bond acceptors (Lipinski definition) is 4. The van der Waals surface area contributed by atoms with E-state index in [1.165, 1.54) is 6.07 Å². The summed E-state index contributed by atoms with van der Waals surface area (Å²) in [5.74, 6) is -3.28. The molecule has 0 atom stereocenters. The van der Waals surface area contributed by atoms with E-state index < -0.39 is 39.9 Å². The van der Waals surface area contributed by atoms with Crippen molar-refractivity contribution in [3.63, 3.8) is 0 Å². The molecule has 128 valence electrons. The van der Waals surface area contributed by atoms with Gasteiger partial charge in [-0.3, -0.25) is 9.78 Å². The van der Waals surface area contributed by atoms with Gasteiger partial charge < -0.3 is 5.32 Å². The number of halogens is 2. The van der Waals surface area contributed by atoms with Gasteiger partial charge in [0.2, 0.25) is 15.9 Å². The summed E-state index contributed by atoms with van der Waals surface area (Å²) in [6.07, 6.45) is 1.58. The number of sulfonamides is 1. The minimum atomic E-state index is -3.86. The van der Waals surface area contributed by atoms with Crippen LogP contribution in [0.5, 0.6) is 0 Å². The van der Waals surface area contributed by atoms with Crippen LogP contribution in [-0.4, -0.2) is 25.9 Å². The number of aromatic nitrogens is 1. The van der Waals surface area contributed by atoms with Gasteiger partial charge in [-0.05, 0) is 29.8 Å². The molecule has 0 bridgehead atoms. The second-order valence-corrected chi connectivity index (χ2v) is 6.73. The number of amides is 1. The number of nitrogens with one attached hydrogen (secondary N) is 2. The van der Waals surface area contributed by atoms with Crippen molar-refractivity contribution in [1.29, 1.82) is 0 Å². The molecule has 2 aromatic rings. The third-order valence-corrected chi connectivity index (χ3v) is 4.28. The Kier molecular flexibility index (Phi) is 5.93. The molecule has 2 N–H and O–H groups in total. The van der Waals surface area contributed by atoms with E-state index in [1.807, 2.05) is 0 Å². The first-order chi connectivity index (χ1) is 11.4. The zero-order valence-corrected chi connectivity index (χ0v) is 13.3. The predicted octanol–water partition coefficient (Wildman–Crippen LogP) is 1.10.